The van der Waals surface area contributed by atoms with E-state index in [1.165, 1.54) is 15.2 Å². The summed E-state index contributed by atoms with van der Waals surface area (Å²) in [5.41, 5.74) is 0.872. The number of aryl methyl sites for hydroxylation is 1. The van der Waals surface area contributed by atoms with Crippen molar-refractivity contribution in [1.82, 2.24) is 25.1 Å². The Bertz CT molecular complexity index is 1100. The number of halogens is 1. The summed E-state index contributed by atoms with van der Waals surface area (Å²) >= 11 is 6.29. The molecule has 2 heterocycles. The van der Waals surface area contributed by atoms with Gasteiger partial charge in [-0.3, -0.25) is 18.7 Å². The van der Waals surface area contributed by atoms with Crippen molar-refractivity contribution >= 4 is 23.4 Å². The van der Waals surface area contributed by atoms with Gasteiger partial charge in [0, 0.05) is 30.9 Å². The molecule has 1 aliphatic carbocycles. The van der Waals surface area contributed by atoms with Gasteiger partial charge in [-0.25, -0.2) is 4.79 Å². The Kier molecular flexibility index (Phi) is 7.75. The average Bonchev–Trinajstić information content (AvgIpc) is 2.97. The Morgan fingerprint density at radius 1 is 1.21 bits per heavy atom. The minimum atomic E-state index is -0.944. The monoisotopic (exact) mass is 489 g/mol. The summed E-state index contributed by atoms with van der Waals surface area (Å²) in [5.74, 6) is -0.686. The highest BCUT2D eigenvalue weighted by atomic mass is 35.5. The number of aliphatic hydroxyl groups is 1. The third kappa shape index (κ3) is 5.54. The predicted octanol–water partition coefficient (Wildman–Crippen LogP) is 1.71. The van der Waals surface area contributed by atoms with Gasteiger partial charge in [0.15, 0.2) is 0 Å². The molecule has 10 heteroatoms. The van der Waals surface area contributed by atoms with Crippen molar-refractivity contribution in [3.63, 3.8) is 0 Å². The van der Waals surface area contributed by atoms with E-state index in [0.29, 0.717) is 11.4 Å². The topological polar surface area (TPSA) is 117 Å². The number of aromatic nitrogens is 2. The molecule has 1 saturated heterocycles. The van der Waals surface area contributed by atoms with E-state index in [1.54, 1.807) is 25.3 Å². The van der Waals surface area contributed by atoms with Crippen LogP contribution in [0.3, 0.4) is 0 Å². The number of aliphatic hydroxyl groups excluding tert-OH is 1. The summed E-state index contributed by atoms with van der Waals surface area (Å²) < 4.78 is 2.79. The van der Waals surface area contributed by atoms with E-state index >= 15 is 0 Å². The van der Waals surface area contributed by atoms with Gasteiger partial charge in [-0.05, 0) is 38.0 Å². The first-order valence-electron chi connectivity index (χ1n) is 11.9. The lowest BCUT2D eigenvalue weighted by atomic mass is 9.98. The Morgan fingerprint density at radius 2 is 1.91 bits per heavy atom. The second-order valence-corrected chi connectivity index (χ2v) is 9.67. The molecule has 2 aromatic rings. The van der Waals surface area contributed by atoms with E-state index in [4.69, 9.17) is 11.6 Å². The van der Waals surface area contributed by atoms with Crippen LogP contribution in [0, 0.1) is 12.8 Å². The van der Waals surface area contributed by atoms with Crippen molar-refractivity contribution in [3.8, 4) is 5.69 Å². The zero-order chi connectivity index (χ0) is 24.2. The van der Waals surface area contributed by atoms with Gasteiger partial charge in [0.05, 0.1) is 22.3 Å². The van der Waals surface area contributed by atoms with E-state index in [2.05, 4.69) is 16.0 Å². The van der Waals surface area contributed by atoms with Gasteiger partial charge in [-0.1, -0.05) is 37.3 Å². The Morgan fingerprint density at radius 3 is 2.56 bits per heavy atom. The molecule has 184 valence electrons. The lowest BCUT2D eigenvalue weighted by Crippen LogP contribution is -2.57. The third-order valence-corrected chi connectivity index (χ3v) is 7.05. The normalized spacial score (nSPS) is 18.1. The van der Waals surface area contributed by atoms with Gasteiger partial charge < -0.3 is 21.1 Å². The Hall–Kier alpha value is -2.62. The highest BCUT2D eigenvalue weighted by Crippen LogP contribution is 2.26. The fourth-order valence-electron chi connectivity index (χ4n) is 4.57. The maximum Gasteiger partial charge on any atom is 0.333 e. The van der Waals surface area contributed by atoms with Crippen molar-refractivity contribution in [2.75, 3.05) is 13.1 Å². The second-order valence-electron chi connectivity index (χ2n) is 9.27. The summed E-state index contributed by atoms with van der Waals surface area (Å²) in [5, 5.41) is 19.5. The standard InChI is InChI=1S/C24H32ClN5O4/c1-15-13-30(24(34)29(15)14-21(31)27-17-11-26-12-17)18-8-9-20(25)19(10-18)23(33)28-22(32)16-6-4-2-3-5-7-16/h8-10,13,16-17,22,26,32H,2-7,11-12,14H2,1H3,(H,27,31)(H,28,33). The van der Waals surface area contributed by atoms with Crippen LogP contribution >= 0.6 is 11.6 Å². The molecular weight excluding hydrogens is 458 g/mol. The minimum Gasteiger partial charge on any atom is -0.373 e. The molecule has 1 aliphatic heterocycles. The first kappa shape index (κ1) is 24.5. The molecule has 1 saturated carbocycles. The first-order chi connectivity index (χ1) is 16.3. The van der Waals surface area contributed by atoms with E-state index < -0.39 is 12.1 Å². The molecule has 2 aliphatic rings. The van der Waals surface area contributed by atoms with Crippen molar-refractivity contribution in [2.45, 2.75) is 64.3 Å². The molecule has 1 aromatic carbocycles. The average molecular weight is 490 g/mol. The van der Waals surface area contributed by atoms with Crippen molar-refractivity contribution < 1.29 is 14.7 Å². The van der Waals surface area contributed by atoms with Crippen LogP contribution in [0.2, 0.25) is 5.02 Å². The van der Waals surface area contributed by atoms with Gasteiger partial charge in [0.25, 0.3) is 5.91 Å². The Balaban J connectivity index is 1.50. The zero-order valence-corrected chi connectivity index (χ0v) is 20.1. The van der Waals surface area contributed by atoms with Gasteiger partial charge in [0.2, 0.25) is 5.91 Å². The van der Waals surface area contributed by atoms with Crippen LogP contribution in [0.1, 0.15) is 54.6 Å². The molecule has 1 atom stereocenters. The van der Waals surface area contributed by atoms with Crippen LogP contribution in [-0.2, 0) is 11.3 Å². The smallest absolute Gasteiger partial charge is 0.333 e. The molecule has 0 spiro atoms. The highest BCUT2D eigenvalue weighted by molar-refractivity contribution is 6.33. The third-order valence-electron chi connectivity index (χ3n) is 6.73. The van der Waals surface area contributed by atoms with Crippen LogP contribution in [0.15, 0.2) is 29.2 Å². The fraction of sp³-hybridized carbons (Fsp3) is 0.542. The molecule has 34 heavy (non-hydrogen) atoms. The first-order valence-corrected chi connectivity index (χ1v) is 12.3. The summed E-state index contributed by atoms with van der Waals surface area (Å²) in [6.45, 7) is 3.13. The van der Waals surface area contributed by atoms with Gasteiger partial charge in [0.1, 0.15) is 12.8 Å². The number of hydrogen-bond donors (Lipinski definition) is 4. The van der Waals surface area contributed by atoms with Crippen LogP contribution in [-0.4, -0.2) is 51.4 Å². The van der Waals surface area contributed by atoms with E-state index in [9.17, 15) is 19.5 Å². The van der Waals surface area contributed by atoms with Crippen LogP contribution in [0.4, 0.5) is 0 Å². The van der Waals surface area contributed by atoms with E-state index in [0.717, 1.165) is 51.6 Å². The fourth-order valence-corrected chi connectivity index (χ4v) is 4.77. The summed E-state index contributed by atoms with van der Waals surface area (Å²) in [6, 6.07) is 4.82. The number of hydrogen-bond acceptors (Lipinski definition) is 5. The molecule has 4 N–H and O–H groups in total. The number of carbonyl (C=O) groups is 2. The number of benzene rings is 1. The lowest BCUT2D eigenvalue weighted by molar-refractivity contribution is -0.122. The molecule has 2 fully saturated rings. The SMILES string of the molecule is Cc1cn(-c2ccc(Cl)c(C(=O)NC(O)C3CCCCCC3)c2)c(=O)n1CC(=O)NC1CNC1. The van der Waals surface area contributed by atoms with Crippen molar-refractivity contribution in [3.05, 3.63) is 51.2 Å². The quantitative estimate of drug-likeness (QED) is 0.349. The van der Waals surface area contributed by atoms with E-state index in [1.807, 2.05) is 0 Å². The number of nitrogens with one attached hydrogen (secondary N) is 3. The summed E-state index contributed by atoms with van der Waals surface area (Å²) in [4.78, 5) is 38.3. The molecule has 0 radical (unpaired) electrons. The van der Waals surface area contributed by atoms with Crippen LogP contribution in [0.5, 0.6) is 0 Å². The minimum absolute atomic E-state index is 0.0228. The maximum atomic E-state index is 13.0. The number of amides is 2. The number of imidazole rings is 1. The van der Waals surface area contributed by atoms with Crippen molar-refractivity contribution in [2.24, 2.45) is 5.92 Å². The van der Waals surface area contributed by atoms with Crippen LogP contribution in [0.25, 0.3) is 5.69 Å². The molecule has 9 nitrogen and oxygen atoms in total. The van der Waals surface area contributed by atoms with Crippen molar-refractivity contribution in [1.29, 1.82) is 0 Å². The van der Waals surface area contributed by atoms with Gasteiger partial charge in [-0.2, -0.15) is 0 Å². The number of nitrogens with zero attached hydrogens (tertiary/aromatic N) is 2. The predicted molar refractivity (Wildman–Crippen MR) is 129 cm³/mol. The number of carbonyl (C=O) groups excluding carboxylic acids is 2. The molecule has 1 unspecified atom stereocenters. The molecule has 1 aromatic heterocycles. The highest BCUT2D eigenvalue weighted by Gasteiger charge is 2.24. The van der Waals surface area contributed by atoms with Gasteiger partial charge in [-0.15, -0.1) is 0 Å². The summed E-state index contributed by atoms with van der Waals surface area (Å²) in [6.07, 6.45) is 6.83. The largest absolute Gasteiger partial charge is 0.373 e. The molecular formula is C24H32ClN5O4. The van der Waals surface area contributed by atoms with E-state index in [-0.39, 0.29) is 40.7 Å². The lowest BCUT2D eigenvalue weighted by Gasteiger charge is -2.27. The maximum absolute atomic E-state index is 13.0. The van der Waals surface area contributed by atoms with Gasteiger partial charge >= 0.3 is 5.69 Å². The molecule has 4 rings (SSSR count). The Labute approximate surface area is 203 Å². The zero-order valence-electron chi connectivity index (χ0n) is 19.3. The second kappa shape index (κ2) is 10.8. The summed E-state index contributed by atoms with van der Waals surface area (Å²) in [7, 11) is 0. The molecule has 2 amide bonds. The molecule has 0 bridgehead atoms. The number of rotatable bonds is 7. The van der Waals surface area contributed by atoms with Crippen LogP contribution < -0.4 is 21.6 Å².